The molecule has 1 aliphatic rings. The van der Waals surface area contributed by atoms with Crippen molar-refractivity contribution in [1.29, 1.82) is 5.26 Å². The Morgan fingerprint density at radius 1 is 0.921 bits per heavy atom. The number of carbonyl (C=O) groups excluding carboxylic acids is 4. The first-order valence-electron chi connectivity index (χ1n) is 21.5. The van der Waals surface area contributed by atoms with E-state index in [2.05, 4.69) is 21.2 Å². The van der Waals surface area contributed by atoms with Gasteiger partial charge in [0.1, 0.15) is 35.8 Å². The number of carbonyl (C=O) groups is 4. The van der Waals surface area contributed by atoms with Gasteiger partial charge in [0.05, 0.1) is 43.8 Å². The summed E-state index contributed by atoms with van der Waals surface area (Å²) >= 11 is 0. The van der Waals surface area contributed by atoms with E-state index in [0.717, 1.165) is 37.6 Å². The van der Waals surface area contributed by atoms with E-state index in [0.29, 0.717) is 18.4 Å². The van der Waals surface area contributed by atoms with Crippen LogP contribution < -0.4 is 15.3 Å². The lowest BCUT2D eigenvalue weighted by Crippen LogP contribution is -2.47. The number of unbranched alkanes of at least 4 members (excludes halogenated alkanes) is 4. The first kappa shape index (κ1) is 50.6. The van der Waals surface area contributed by atoms with Crippen molar-refractivity contribution in [2.24, 2.45) is 11.8 Å². The third-order valence-corrected chi connectivity index (χ3v) is 11.8. The van der Waals surface area contributed by atoms with Crippen LogP contribution in [0.4, 0.5) is 5.82 Å². The third kappa shape index (κ3) is 13.2. The molecule has 18 nitrogen and oxygen atoms in total. The molecular formula is C44H63N6O12P. The Balaban J connectivity index is 1.81. The highest BCUT2D eigenvalue weighted by Crippen LogP contribution is 2.49. The zero-order valence-corrected chi connectivity index (χ0v) is 38.7. The number of nitrogens with zero attached hydrogens (tertiary/aromatic N) is 4. The SMILES string of the molecule is CCCCCOC(=O)C[C@H](N[P@@](=O)(OC[C@H]1O[C@@](C#N)(c2ccc3c(N)ncnn23)[C@H](OC(=O)C(C)C)[C@@H]1OC(=O)C(C)C)Oc1ccc(C(C)(C)C)cc1)C(=O)OCCCCC. The van der Waals surface area contributed by atoms with Gasteiger partial charge in [0, 0.05) is 0 Å². The van der Waals surface area contributed by atoms with E-state index in [-0.39, 0.29) is 35.9 Å². The average molecular weight is 899 g/mol. The van der Waals surface area contributed by atoms with Crippen LogP contribution in [-0.2, 0) is 63.0 Å². The number of nitrogens with one attached hydrogen (secondary N) is 1. The van der Waals surface area contributed by atoms with Gasteiger partial charge >= 0.3 is 31.6 Å². The van der Waals surface area contributed by atoms with Gasteiger partial charge in [-0.2, -0.15) is 15.4 Å². The van der Waals surface area contributed by atoms with E-state index >= 15 is 4.57 Å². The number of nitrogen functional groups attached to an aromatic ring is 1. The molecule has 0 aliphatic carbocycles. The fourth-order valence-corrected chi connectivity index (χ4v) is 8.01. The van der Waals surface area contributed by atoms with Crippen molar-refractivity contribution in [3.05, 3.63) is 54.0 Å². The predicted molar refractivity (Wildman–Crippen MR) is 231 cm³/mol. The van der Waals surface area contributed by atoms with E-state index in [4.69, 9.17) is 38.5 Å². The van der Waals surface area contributed by atoms with E-state index < -0.39 is 86.4 Å². The molecule has 0 radical (unpaired) electrons. The molecule has 0 spiro atoms. The molecule has 0 amide bonds. The largest absolute Gasteiger partial charge is 0.466 e. The number of benzene rings is 1. The maximum absolute atomic E-state index is 15.2. The first-order valence-corrected chi connectivity index (χ1v) is 23.1. The molecule has 0 unspecified atom stereocenters. The summed E-state index contributed by atoms with van der Waals surface area (Å²) in [6, 6.07) is 10.3. The van der Waals surface area contributed by atoms with Crippen LogP contribution in [0.2, 0.25) is 0 Å². The van der Waals surface area contributed by atoms with Crippen molar-refractivity contribution >= 4 is 43.0 Å². The monoisotopic (exact) mass is 898 g/mol. The molecule has 4 rings (SSSR count). The van der Waals surface area contributed by atoms with Crippen LogP contribution in [0.15, 0.2) is 42.7 Å². The fraction of sp³-hybridized carbons (Fsp3) is 0.614. The minimum Gasteiger partial charge on any atom is -0.466 e. The van der Waals surface area contributed by atoms with Crippen molar-refractivity contribution in [1.82, 2.24) is 19.7 Å². The molecule has 1 saturated heterocycles. The number of hydrogen-bond acceptors (Lipinski definition) is 16. The van der Waals surface area contributed by atoms with Gasteiger partial charge in [-0.05, 0) is 48.1 Å². The molecule has 3 aromatic rings. The molecule has 2 aromatic heterocycles. The Bertz CT molecular complexity index is 2110. The Morgan fingerprint density at radius 3 is 2.13 bits per heavy atom. The van der Waals surface area contributed by atoms with Crippen LogP contribution in [0.3, 0.4) is 0 Å². The first-order chi connectivity index (χ1) is 29.8. The second-order valence-corrected chi connectivity index (χ2v) is 18.8. The standard InChI is InChI=1S/C44H63N6O12P/c1-10-12-14-22-56-36(51)24-32(42(54)57-23-15-13-11-2)49-63(55,62-31-18-16-30(17-19-31)43(7,8)9)58-25-34-37(59-40(52)28(3)4)38(60-41(53)29(5)6)44(26-45,61-34)35-21-20-33-39(46)47-27-48-50(33)35/h16-21,27-29,32,34,37-38H,10-15,22-25H2,1-9H3,(H,49,55)(H2,46,47,48)/t32-,34+,37+,38+,44-,63+/m0/s1. The van der Waals surface area contributed by atoms with Crippen molar-refractivity contribution in [2.45, 2.75) is 143 Å². The number of aromatic nitrogens is 3. The molecule has 346 valence electrons. The highest BCUT2D eigenvalue weighted by atomic mass is 31.2. The Kier molecular flexibility index (Phi) is 18.1. The van der Waals surface area contributed by atoms with Gasteiger partial charge in [-0.3, -0.25) is 23.7 Å². The Morgan fingerprint density at radius 2 is 1.54 bits per heavy atom. The summed E-state index contributed by atoms with van der Waals surface area (Å²) in [5.74, 6) is -4.39. The van der Waals surface area contributed by atoms with Crippen molar-refractivity contribution in [3.63, 3.8) is 0 Å². The molecule has 1 aliphatic heterocycles. The number of ether oxygens (including phenoxy) is 5. The van der Waals surface area contributed by atoms with Gasteiger partial charge in [0.15, 0.2) is 18.0 Å². The second-order valence-electron chi connectivity index (χ2n) is 17.1. The maximum atomic E-state index is 15.2. The van der Waals surface area contributed by atoms with Crippen molar-refractivity contribution in [3.8, 4) is 11.8 Å². The normalized spacial score (nSPS) is 20.2. The topological polar surface area (TPSA) is 242 Å². The summed E-state index contributed by atoms with van der Waals surface area (Å²) in [6.07, 6.45) is 0.395. The lowest BCUT2D eigenvalue weighted by Gasteiger charge is -2.29. The van der Waals surface area contributed by atoms with Gasteiger partial charge in [0.2, 0.25) is 5.60 Å². The molecule has 6 atom stereocenters. The van der Waals surface area contributed by atoms with Gasteiger partial charge in [-0.1, -0.05) is 100 Å². The highest BCUT2D eigenvalue weighted by molar-refractivity contribution is 7.52. The third-order valence-electron chi connectivity index (χ3n) is 10.2. The maximum Gasteiger partial charge on any atom is 0.459 e. The molecular weight excluding hydrogens is 835 g/mol. The molecule has 1 aromatic carbocycles. The van der Waals surface area contributed by atoms with Gasteiger partial charge in [-0.25, -0.2) is 14.1 Å². The zero-order chi connectivity index (χ0) is 46.5. The van der Waals surface area contributed by atoms with Crippen LogP contribution in [0.1, 0.15) is 119 Å². The number of fused-ring (bicyclic) bond motifs is 1. The number of rotatable bonds is 23. The smallest absolute Gasteiger partial charge is 0.459 e. The molecule has 63 heavy (non-hydrogen) atoms. The minimum absolute atomic E-state index is 0.0349. The lowest BCUT2D eigenvalue weighted by molar-refractivity contribution is -0.173. The average Bonchev–Trinajstić information content (AvgIpc) is 3.80. The molecule has 3 heterocycles. The van der Waals surface area contributed by atoms with Crippen LogP contribution in [0, 0.1) is 23.2 Å². The summed E-state index contributed by atoms with van der Waals surface area (Å²) in [5.41, 5.74) is 4.94. The van der Waals surface area contributed by atoms with E-state index in [9.17, 15) is 24.4 Å². The van der Waals surface area contributed by atoms with E-state index in [1.165, 1.54) is 10.6 Å². The zero-order valence-electron chi connectivity index (χ0n) is 37.8. The molecule has 1 fully saturated rings. The number of esters is 4. The van der Waals surface area contributed by atoms with Crippen molar-refractivity contribution in [2.75, 3.05) is 25.6 Å². The van der Waals surface area contributed by atoms with Gasteiger partial charge < -0.3 is 33.9 Å². The molecule has 3 N–H and O–H groups in total. The van der Waals surface area contributed by atoms with E-state index in [1.807, 2.05) is 34.6 Å². The lowest BCUT2D eigenvalue weighted by atomic mass is 9.87. The number of nitriles is 1. The molecule has 19 heteroatoms. The fourth-order valence-electron chi connectivity index (χ4n) is 6.51. The summed E-state index contributed by atoms with van der Waals surface area (Å²) < 4.78 is 58.0. The van der Waals surface area contributed by atoms with Crippen LogP contribution in [0.25, 0.3) is 5.52 Å². The second kappa shape index (κ2) is 22.5. The Labute approximate surface area is 369 Å². The predicted octanol–water partition coefficient (Wildman–Crippen LogP) is 6.88. The summed E-state index contributed by atoms with van der Waals surface area (Å²) in [6.45, 7) is 15.8. The summed E-state index contributed by atoms with van der Waals surface area (Å²) in [7, 11) is -4.81. The number of anilines is 1. The summed E-state index contributed by atoms with van der Waals surface area (Å²) in [5, 5.41) is 18.0. The van der Waals surface area contributed by atoms with Crippen LogP contribution in [-0.4, -0.2) is 82.6 Å². The molecule has 0 saturated carbocycles. The quantitative estimate of drug-likeness (QED) is 0.0426. The molecule has 0 bridgehead atoms. The van der Waals surface area contributed by atoms with Crippen molar-refractivity contribution < 1.29 is 56.5 Å². The minimum atomic E-state index is -4.81. The van der Waals surface area contributed by atoms with Crippen LogP contribution >= 0.6 is 7.75 Å². The number of hydrogen-bond donors (Lipinski definition) is 2. The van der Waals surface area contributed by atoms with Crippen LogP contribution in [0.5, 0.6) is 5.75 Å². The highest BCUT2D eigenvalue weighted by Gasteiger charge is 2.63. The van der Waals surface area contributed by atoms with Gasteiger partial charge in [0.25, 0.3) is 0 Å². The summed E-state index contributed by atoms with van der Waals surface area (Å²) in [4.78, 5) is 57.6. The Hall–Kier alpha value is -5.08. The van der Waals surface area contributed by atoms with E-state index in [1.54, 1.807) is 58.0 Å². The van der Waals surface area contributed by atoms with Gasteiger partial charge in [-0.15, -0.1) is 0 Å². The number of nitrogens with two attached hydrogens (primary N) is 1.